The van der Waals surface area contributed by atoms with E-state index in [0.717, 1.165) is 24.7 Å². The fourth-order valence-electron chi connectivity index (χ4n) is 2.30. The Morgan fingerprint density at radius 1 is 1.22 bits per heavy atom. The molecule has 0 radical (unpaired) electrons. The van der Waals surface area contributed by atoms with E-state index in [1.165, 1.54) is 15.3 Å². The van der Waals surface area contributed by atoms with Crippen molar-refractivity contribution in [2.45, 2.75) is 32.9 Å². The Morgan fingerprint density at radius 2 is 1.96 bits per heavy atom. The molecule has 1 aromatic heterocycles. The summed E-state index contributed by atoms with van der Waals surface area (Å²) in [5, 5.41) is 6.78. The van der Waals surface area contributed by atoms with Crippen molar-refractivity contribution in [3.05, 3.63) is 51.7 Å². The number of ether oxygens (including phenoxy) is 1. The smallest absolute Gasteiger partial charge is 0.191 e. The van der Waals surface area contributed by atoms with E-state index in [1.54, 1.807) is 14.2 Å². The number of nitrogens with zero attached hydrogens (tertiary/aromatic N) is 1. The Kier molecular flexibility index (Phi) is 6.47. The Bertz CT molecular complexity index is 634. The number of rotatable bonds is 6. The van der Waals surface area contributed by atoms with Crippen LogP contribution in [-0.4, -0.2) is 26.2 Å². The second-order valence-corrected chi connectivity index (χ2v) is 6.91. The average Bonchev–Trinajstić information content (AvgIpc) is 2.96. The van der Waals surface area contributed by atoms with Gasteiger partial charge in [-0.05, 0) is 43.7 Å². The molecule has 2 aromatic rings. The summed E-state index contributed by atoms with van der Waals surface area (Å²) in [6.07, 6.45) is 1.00. The van der Waals surface area contributed by atoms with Gasteiger partial charge in [0.15, 0.2) is 5.96 Å². The SMILES string of the molecule is CN=C(NCc1ccc(OC)cc1)NC(C)Cc1ccc(C)s1. The summed E-state index contributed by atoms with van der Waals surface area (Å²) in [6.45, 7) is 5.05. The maximum Gasteiger partial charge on any atom is 0.191 e. The number of aryl methyl sites for hydroxylation is 1. The number of guanidine groups is 1. The molecule has 1 unspecified atom stereocenters. The lowest BCUT2D eigenvalue weighted by molar-refractivity contribution is 0.414. The molecule has 0 saturated carbocycles. The largest absolute Gasteiger partial charge is 0.497 e. The van der Waals surface area contributed by atoms with E-state index in [2.05, 4.69) is 53.7 Å². The van der Waals surface area contributed by atoms with Gasteiger partial charge in [0.2, 0.25) is 0 Å². The molecule has 0 amide bonds. The van der Waals surface area contributed by atoms with Crippen molar-refractivity contribution in [3.63, 3.8) is 0 Å². The Morgan fingerprint density at radius 3 is 2.52 bits per heavy atom. The van der Waals surface area contributed by atoms with Crippen LogP contribution in [0.4, 0.5) is 0 Å². The molecule has 4 nitrogen and oxygen atoms in total. The third kappa shape index (κ3) is 5.60. The molecule has 5 heteroatoms. The van der Waals surface area contributed by atoms with E-state index in [0.29, 0.717) is 6.04 Å². The quantitative estimate of drug-likeness (QED) is 0.630. The predicted octanol–water partition coefficient (Wildman–Crippen LogP) is 3.36. The minimum atomic E-state index is 0.329. The summed E-state index contributed by atoms with van der Waals surface area (Å²) in [7, 11) is 3.47. The fraction of sp³-hybridized carbons (Fsp3) is 0.389. The highest BCUT2D eigenvalue weighted by Gasteiger charge is 2.07. The number of hydrogen-bond donors (Lipinski definition) is 2. The standard InChI is InChI=1S/C18H25N3OS/c1-13(11-17-10-5-14(2)23-17)21-18(19-3)20-12-15-6-8-16(22-4)9-7-15/h5-10,13H,11-12H2,1-4H3,(H2,19,20,21). The van der Waals surface area contributed by atoms with Crippen molar-refractivity contribution in [1.29, 1.82) is 0 Å². The van der Waals surface area contributed by atoms with Crippen molar-refractivity contribution >= 4 is 17.3 Å². The first kappa shape index (κ1) is 17.3. The van der Waals surface area contributed by atoms with Gasteiger partial charge in [-0.2, -0.15) is 0 Å². The molecule has 124 valence electrons. The first-order valence-electron chi connectivity index (χ1n) is 7.76. The van der Waals surface area contributed by atoms with Crippen molar-refractivity contribution in [2.24, 2.45) is 4.99 Å². The number of methoxy groups -OCH3 is 1. The van der Waals surface area contributed by atoms with Crippen LogP contribution in [0.15, 0.2) is 41.4 Å². The van der Waals surface area contributed by atoms with Crippen LogP contribution in [0.3, 0.4) is 0 Å². The van der Waals surface area contributed by atoms with Gasteiger partial charge in [-0.15, -0.1) is 11.3 Å². The van der Waals surface area contributed by atoms with Gasteiger partial charge in [0.1, 0.15) is 5.75 Å². The molecular weight excluding hydrogens is 306 g/mol. The van der Waals surface area contributed by atoms with Crippen molar-refractivity contribution in [2.75, 3.05) is 14.2 Å². The Balaban J connectivity index is 1.82. The molecule has 2 rings (SSSR count). The van der Waals surface area contributed by atoms with Crippen molar-refractivity contribution < 1.29 is 4.74 Å². The molecule has 0 bridgehead atoms. The first-order valence-corrected chi connectivity index (χ1v) is 8.57. The van der Waals surface area contributed by atoms with Gasteiger partial charge >= 0.3 is 0 Å². The number of nitrogens with one attached hydrogen (secondary N) is 2. The van der Waals surface area contributed by atoms with Crippen LogP contribution >= 0.6 is 11.3 Å². The van der Waals surface area contributed by atoms with Crippen LogP contribution in [0.2, 0.25) is 0 Å². The Hall–Kier alpha value is -2.01. The van der Waals surface area contributed by atoms with Gasteiger partial charge in [-0.1, -0.05) is 12.1 Å². The summed E-state index contributed by atoms with van der Waals surface area (Å²) < 4.78 is 5.17. The van der Waals surface area contributed by atoms with Crippen LogP contribution < -0.4 is 15.4 Å². The monoisotopic (exact) mass is 331 g/mol. The van der Waals surface area contributed by atoms with E-state index in [-0.39, 0.29) is 0 Å². The van der Waals surface area contributed by atoms with Gasteiger partial charge in [0.05, 0.1) is 7.11 Å². The van der Waals surface area contributed by atoms with Crippen LogP contribution in [0.1, 0.15) is 22.2 Å². The van der Waals surface area contributed by atoms with Crippen LogP contribution in [0.5, 0.6) is 5.75 Å². The van der Waals surface area contributed by atoms with Crippen molar-refractivity contribution in [1.82, 2.24) is 10.6 Å². The van der Waals surface area contributed by atoms with Crippen LogP contribution in [-0.2, 0) is 13.0 Å². The van der Waals surface area contributed by atoms with Gasteiger partial charge in [0, 0.05) is 35.8 Å². The van der Waals surface area contributed by atoms with Gasteiger partial charge in [0.25, 0.3) is 0 Å². The molecule has 1 heterocycles. The molecular formula is C18H25N3OS. The van der Waals surface area contributed by atoms with Gasteiger partial charge in [-0.3, -0.25) is 4.99 Å². The van der Waals surface area contributed by atoms with E-state index in [9.17, 15) is 0 Å². The minimum Gasteiger partial charge on any atom is -0.497 e. The normalized spacial score (nSPS) is 12.8. The number of aliphatic imine (C=N–C) groups is 1. The van der Waals surface area contributed by atoms with E-state index in [4.69, 9.17) is 4.74 Å². The maximum absolute atomic E-state index is 5.17. The number of thiophene rings is 1. The highest BCUT2D eigenvalue weighted by atomic mass is 32.1. The molecule has 0 fully saturated rings. The lowest BCUT2D eigenvalue weighted by atomic mass is 10.2. The van der Waals surface area contributed by atoms with E-state index >= 15 is 0 Å². The summed E-state index contributed by atoms with van der Waals surface area (Å²) >= 11 is 1.85. The zero-order valence-electron chi connectivity index (χ0n) is 14.2. The lowest BCUT2D eigenvalue weighted by Crippen LogP contribution is -2.42. The van der Waals surface area contributed by atoms with Crippen LogP contribution in [0, 0.1) is 6.92 Å². The molecule has 1 atom stereocenters. The molecule has 0 aliphatic rings. The molecule has 23 heavy (non-hydrogen) atoms. The van der Waals surface area contributed by atoms with Crippen LogP contribution in [0.25, 0.3) is 0 Å². The van der Waals surface area contributed by atoms with E-state index in [1.807, 2.05) is 23.5 Å². The van der Waals surface area contributed by atoms with Crippen molar-refractivity contribution in [3.8, 4) is 5.75 Å². The second-order valence-electron chi connectivity index (χ2n) is 5.54. The molecule has 0 saturated heterocycles. The van der Waals surface area contributed by atoms with E-state index < -0.39 is 0 Å². The highest BCUT2D eigenvalue weighted by molar-refractivity contribution is 7.11. The predicted molar refractivity (Wildman–Crippen MR) is 98.6 cm³/mol. The first-order chi connectivity index (χ1) is 11.1. The highest BCUT2D eigenvalue weighted by Crippen LogP contribution is 2.16. The van der Waals surface area contributed by atoms with Gasteiger partial charge in [-0.25, -0.2) is 0 Å². The zero-order valence-corrected chi connectivity index (χ0v) is 15.0. The Labute approximate surface area is 142 Å². The number of benzene rings is 1. The minimum absolute atomic E-state index is 0.329. The molecule has 0 spiro atoms. The summed E-state index contributed by atoms with van der Waals surface area (Å²) in [5.41, 5.74) is 1.19. The maximum atomic E-state index is 5.17. The molecule has 0 aliphatic heterocycles. The summed E-state index contributed by atoms with van der Waals surface area (Å²) in [4.78, 5) is 7.05. The topological polar surface area (TPSA) is 45.7 Å². The summed E-state index contributed by atoms with van der Waals surface area (Å²) in [5.74, 6) is 1.69. The summed E-state index contributed by atoms with van der Waals surface area (Å²) in [6, 6.07) is 12.7. The number of hydrogen-bond acceptors (Lipinski definition) is 3. The van der Waals surface area contributed by atoms with Gasteiger partial charge < -0.3 is 15.4 Å². The lowest BCUT2D eigenvalue weighted by Gasteiger charge is -2.17. The fourth-order valence-corrected chi connectivity index (χ4v) is 3.32. The third-order valence-electron chi connectivity index (χ3n) is 3.53. The second kappa shape index (κ2) is 8.58. The third-order valence-corrected chi connectivity index (χ3v) is 4.55. The average molecular weight is 331 g/mol. The molecule has 1 aromatic carbocycles. The molecule has 2 N–H and O–H groups in total. The molecule has 0 aliphatic carbocycles. The zero-order chi connectivity index (χ0) is 16.7.